The molecule has 0 unspecified atom stereocenters. The number of amides is 1. The Morgan fingerprint density at radius 2 is 2.00 bits per heavy atom. The number of carbonyl (C=O) groups excluding carboxylic acids is 1. The molecular formula is C16H14ClN5O3. The maximum absolute atomic E-state index is 12.3. The van der Waals surface area contributed by atoms with Crippen LogP contribution in [0.4, 0.5) is 5.69 Å². The number of carboxylic acid groups (broad SMARTS) is 1. The third-order valence-electron chi connectivity index (χ3n) is 3.57. The van der Waals surface area contributed by atoms with Gasteiger partial charge in [0.25, 0.3) is 5.91 Å². The van der Waals surface area contributed by atoms with Crippen molar-refractivity contribution < 1.29 is 14.7 Å². The highest BCUT2D eigenvalue weighted by Gasteiger charge is 2.21. The second-order valence-corrected chi connectivity index (χ2v) is 5.71. The van der Waals surface area contributed by atoms with Gasteiger partial charge >= 0.3 is 5.97 Å². The van der Waals surface area contributed by atoms with Crippen molar-refractivity contribution in [2.45, 2.75) is 6.54 Å². The summed E-state index contributed by atoms with van der Waals surface area (Å²) in [5.41, 5.74) is 1.14. The van der Waals surface area contributed by atoms with Gasteiger partial charge in [0.15, 0.2) is 5.69 Å². The Bertz CT molecular complexity index is 947. The molecule has 0 radical (unpaired) electrons. The molecule has 0 atom stereocenters. The van der Waals surface area contributed by atoms with E-state index in [-0.39, 0.29) is 11.3 Å². The minimum atomic E-state index is -1.22. The summed E-state index contributed by atoms with van der Waals surface area (Å²) in [5, 5.41) is 20.4. The van der Waals surface area contributed by atoms with Crippen molar-refractivity contribution in [2.75, 3.05) is 5.32 Å². The van der Waals surface area contributed by atoms with Gasteiger partial charge in [-0.15, -0.1) is 0 Å². The third kappa shape index (κ3) is 3.53. The molecule has 2 heterocycles. The van der Waals surface area contributed by atoms with Crippen LogP contribution in [0, 0.1) is 0 Å². The van der Waals surface area contributed by atoms with Crippen LogP contribution in [0.2, 0.25) is 5.02 Å². The van der Waals surface area contributed by atoms with E-state index in [0.717, 1.165) is 10.2 Å². The lowest BCUT2D eigenvalue weighted by atomic mass is 10.2. The van der Waals surface area contributed by atoms with Crippen LogP contribution in [-0.4, -0.2) is 36.5 Å². The number of benzene rings is 1. The van der Waals surface area contributed by atoms with E-state index in [1.165, 1.54) is 19.4 Å². The van der Waals surface area contributed by atoms with Crippen molar-refractivity contribution >= 4 is 29.2 Å². The number of carbonyl (C=O) groups is 2. The van der Waals surface area contributed by atoms with Gasteiger partial charge < -0.3 is 10.4 Å². The van der Waals surface area contributed by atoms with Gasteiger partial charge in [-0.1, -0.05) is 29.8 Å². The molecule has 3 rings (SSSR count). The molecule has 1 amide bonds. The van der Waals surface area contributed by atoms with E-state index in [4.69, 9.17) is 11.6 Å². The summed E-state index contributed by atoms with van der Waals surface area (Å²) in [7, 11) is 1.46. The highest BCUT2D eigenvalue weighted by atomic mass is 35.5. The first kappa shape index (κ1) is 16.7. The van der Waals surface area contributed by atoms with Crippen LogP contribution < -0.4 is 5.32 Å². The van der Waals surface area contributed by atoms with Crippen molar-refractivity contribution in [3.63, 3.8) is 0 Å². The fraction of sp³-hybridized carbons (Fsp3) is 0.125. The molecule has 1 aromatic carbocycles. The van der Waals surface area contributed by atoms with Crippen LogP contribution in [0.1, 0.15) is 26.4 Å². The van der Waals surface area contributed by atoms with Gasteiger partial charge in [0.2, 0.25) is 0 Å². The van der Waals surface area contributed by atoms with Crippen molar-refractivity contribution in [2.24, 2.45) is 7.05 Å². The lowest BCUT2D eigenvalue weighted by Crippen LogP contribution is -2.16. The van der Waals surface area contributed by atoms with Gasteiger partial charge in [-0.25, -0.2) is 4.79 Å². The normalized spacial score (nSPS) is 10.6. The van der Waals surface area contributed by atoms with E-state index < -0.39 is 11.9 Å². The molecule has 2 N–H and O–H groups in total. The third-order valence-corrected chi connectivity index (χ3v) is 3.94. The fourth-order valence-electron chi connectivity index (χ4n) is 2.37. The Kier molecular flexibility index (Phi) is 4.53. The molecule has 0 aliphatic heterocycles. The van der Waals surface area contributed by atoms with E-state index in [1.54, 1.807) is 16.9 Å². The largest absolute Gasteiger partial charge is 0.477 e. The van der Waals surface area contributed by atoms with Crippen LogP contribution in [0.25, 0.3) is 0 Å². The summed E-state index contributed by atoms with van der Waals surface area (Å²) in [6, 6.07) is 7.40. The van der Waals surface area contributed by atoms with Crippen molar-refractivity contribution in [1.82, 2.24) is 19.6 Å². The summed E-state index contributed by atoms with van der Waals surface area (Å²) in [6.07, 6.45) is 4.33. The maximum Gasteiger partial charge on any atom is 0.354 e. The first-order chi connectivity index (χ1) is 12.0. The number of hydrogen-bond acceptors (Lipinski definition) is 4. The van der Waals surface area contributed by atoms with Gasteiger partial charge in [-0.2, -0.15) is 10.2 Å². The monoisotopic (exact) mass is 359 g/mol. The topological polar surface area (TPSA) is 102 Å². The Morgan fingerprint density at radius 3 is 2.72 bits per heavy atom. The Labute approximate surface area is 147 Å². The zero-order valence-electron chi connectivity index (χ0n) is 13.2. The molecule has 25 heavy (non-hydrogen) atoms. The summed E-state index contributed by atoms with van der Waals surface area (Å²) in [4.78, 5) is 23.5. The highest BCUT2D eigenvalue weighted by Crippen LogP contribution is 2.17. The highest BCUT2D eigenvalue weighted by molar-refractivity contribution is 6.31. The van der Waals surface area contributed by atoms with Crippen molar-refractivity contribution in [1.29, 1.82) is 0 Å². The minimum absolute atomic E-state index is 0.0196. The van der Waals surface area contributed by atoms with Crippen LogP contribution in [0.3, 0.4) is 0 Å². The number of aromatic carboxylic acids is 1. The van der Waals surface area contributed by atoms with Crippen molar-refractivity contribution in [3.8, 4) is 0 Å². The summed E-state index contributed by atoms with van der Waals surface area (Å²) in [6.45, 7) is 0.447. The molecule has 9 heteroatoms. The van der Waals surface area contributed by atoms with E-state index in [2.05, 4.69) is 15.5 Å². The second kappa shape index (κ2) is 6.78. The number of halogens is 1. The van der Waals surface area contributed by atoms with Crippen LogP contribution in [0.5, 0.6) is 0 Å². The second-order valence-electron chi connectivity index (χ2n) is 5.31. The SMILES string of the molecule is Cn1ncc(C(=O)Nc2cnn(Cc3ccccc3Cl)c2)c1C(=O)O. The molecular weight excluding hydrogens is 346 g/mol. The molecule has 2 aromatic heterocycles. The average molecular weight is 360 g/mol. The molecule has 0 fully saturated rings. The fourth-order valence-corrected chi connectivity index (χ4v) is 2.57. The van der Waals surface area contributed by atoms with E-state index in [0.29, 0.717) is 17.3 Å². The number of hydrogen-bond donors (Lipinski definition) is 2. The van der Waals surface area contributed by atoms with Crippen molar-refractivity contribution in [3.05, 3.63) is 64.7 Å². The van der Waals surface area contributed by atoms with E-state index in [9.17, 15) is 14.7 Å². The molecule has 128 valence electrons. The molecule has 0 saturated carbocycles. The number of rotatable bonds is 5. The average Bonchev–Trinajstić information content (AvgIpc) is 3.16. The van der Waals surface area contributed by atoms with E-state index in [1.807, 2.05) is 18.2 Å². The molecule has 0 saturated heterocycles. The molecule has 0 aliphatic carbocycles. The standard InChI is InChI=1S/C16H14ClN5O3/c1-21-14(16(24)25)12(7-18-21)15(23)20-11-6-19-22(9-11)8-10-4-2-3-5-13(10)17/h2-7,9H,8H2,1H3,(H,20,23)(H,24,25). The zero-order chi connectivity index (χ0) is 18.0. The first-order valence-electron chi connectivity index (χ1n) is 7.28. The Balaban J connectivity index is 1.75. The zero-order valence-corrected chi connectivity index (χ0v) is 13.9. The van der Waals surface area contributed by atoms with Crippen LogP contribution in [-0.2, 0) is 13.6 Å². The van der Waals surface area contributed by atoms with E-state index >= 15 is 0 Å². The summed E-state index contributed by atoms with van der Waals surface area (Å²) >= 11 is 6.12. The van der Waals surface area contributed by atoms with Gasteiger partial charge in [-0.05, 0) is 11.6 Å². The smallest absolute Gasteiger partial charge is 0.354 e. The van der Waals surface area contributed by atoms with Gasteiger partial charge in [0.05, 0.1) is 30.2 Å². The molecule has 0 spiro atoms. The van der Waals surface area contributed by atoms with Gasteiger partial charge in [-0.3, -0.25) is 14.2 Å². The van der Waals surface area contributed by atoms with Gasteiger partial charge in [0.1, 0.15) is 0 Å². The minimum Gasteiger partial charge on any atom is -0.477 e. The molecule has 8 nitrogen and oxygen atoms in total. The lowest BCUT2D eigenvalue weighted by molar-refractivity contribution is 0.0680. The summed E-state index contributed by atoms with van der Waals surface area (Å²) in [5.74, 6) is -1.79. The predicted octanol–water partition coefficient (Wildman–Crippen LogP) is 2.27. The number of carboxylic acids is 1. The number of aromatic nitrogens is 4. The summed E-state index contributed by atoms with van der Waals surface area (Å²) < 4.78 is 2.76. The maximum atomic E-state index is 12.3. The Morgan fingerprint density at radius 1 is 1.24 bits per heavy atom. The number of nitrogens with zero attached hydrogens (tertiary/aromatic N) is 4. The lowest BCUT2D eigenvalue weighted by Gasteiger charge is -2.04. The van der Waals surface area contributed by atoms with Gasteiger partial charge in [0, 0.05) is 18.3 Å². The molecule has 3 aromatic rings. The quantitative estimate of drug-likeness (QED) is 0.727. The Hall–Kier alpha value is -3.13. The number of nitrogens with one attached hydrogen (secondary N) is 1. The van der Waals surface area contributed by atoms with Crippen LogP contribution >= 0.6 is 11.6 Å². The predicted molar refractivity (Wildman–Crippen MR) is 90.9 cm³/mol. The first-order valence-corrected chi connectivity index (χ1v) is 7.66. The molecule has 0 bridgehead atoms. The van der Waals surface area contributed by atoms with Crippen LogP contribution in [0.15, 0.2) is 42.9 Å². The number of aryl methyl sites for hydroxylation is 1. The molecule has 0 aliphatic rings. The number of anilines is 1.